The lowest BCUT2D eigenvalue weighted by molar-refractivity contribution is -0.119. The van der Waals surface area contributed by atoms with Crippen molar-refractivity contribution in [2.75, 3.05) is 6.54 Å². The molecular formula is C20H17N3O2. The maximum absolute atomic E-state index is 12.2. The van der Waals surface area contributed by atoms with Crippen LogP contribution in [-0.2, 0) is 4.79 Å². The van der Waals surface area contributed by atoms with Gasteiger partial charge in [-0.15, -0.1) is 0 Å². The van der Waals surface area contributed by atoms with Crippen molar-refractivity contribution in [2.45, 2.75) is 12.3 Å². The molecule has 5 nitrogen and oxygen atoms in total. The van der Waals surface area contributed by atoms with Gasteiger partial charge in [0, 0.05) is 36.8 Å². The molecule has 1 saturated heterocycles. The number of ketones is 1. The van der Waals surface area contributed by atoms with Crippen molar-refractivity contribution >= 4 is 11.7 Å². The van der Waals surface area contributed by atoms with E-state index in [1.54, 1.807) is 12.4 Å². The van der Waals surface area contributed by atoms with Crippen molar-refractivity contribution in [3.05, 3.63) is 77.9 Å². The van der Waals surface area contributed by atoms with Crippen LogP contribution >= 0.6 is 0 Å². The number of amides is 1. The van der Waals surface area contributed by atoms with Crippen LogP contribution in [0.4, 0.5) is 0 Å². The Bertz CT molecular complexity index is 897. The maximum atomic E-state index is 12.2. The van der Waals surface area contributed by atoms with Gasteiger partial charge in [0.25, 0.3) is 0 Å². The molecule has 124 valence electrons. The molecular weight excluding hydrogens is 314 g/mol. The predicted octanol–water partition coefficient (Wildman–Crippen LogP) is 2.91. The summed E-state index contributed by atoms with van der Waals surface area (Å²) in [5.74, 6) is 0.600. The number of hydrogen-bond donors (Lipinski definition) is 2. The molecule has 5 heteroatoms. The van der Waals surface area contributed by atoms with E-state index in [0.29, 0.717) is 24.4 Å². The van der Waals surface area contributed by atoms with E-state index >= 15 is 0 Å². The van der Waals surface area contributed by atoms with Crippen LogP contribution in [0, 0.1) is 0 Å². The zero-order valence-electron chi connectivity index (χ0n) is 13.5. The molecule has 1 fully saturated rings. The van der Waals surface area contributed by atoms with Crippen molar-refractivity contribution in [1.82, 2.24) is 15.3 Å². The summed E-state index contributed by atoms with van der Waals surface area (Å²) in [4.78, 5) is 30.4. The third-order valence-corrected chi connectivity index (χ3v) is 4.55. The van der Waals surface area contributed by atoms with Crippen molar-refractivity contribution in [3.63, 3.8) is 0 Å². The lowest BCUT2D eigenvalue weighted by atomic mass is 9.95. The summed E-state index contributed by atoms with van der Waals surface area (Å²) in [5.41, 5.74) is 3.90. The van der Waals surface area contributed by atoms with E-state index < -0.39 is 0 Å². The number of aromatic nitrogens is 2. The molecule has 2 aromatic carbocycles. The molecule has 25 heavy (non-hydrogen) atoms. The van der Waals surface area contributed by atoms with Gasteiger partial charge in [-0.1, -0.05) is 48.5 Å². The second-order valence-electron chi connectivity index (χ2n) is 6.17. The van der Waals surface area contributed by atoms with E-state index in [9.17, 15) is 9.59 Å². The molecule has 1 amide bonds. The number of nitrogens with one attached hydrogen (secondary N) is 2. The number of hydrogen-bond acceptors (Lipinski definition) is 3. The summed E-state index contributed by atoms with van der Waals surface area (Å²) >= 11 is 0. The van der Waals surface area contributed by atoms with Gasteiger partial charge >= 0.3 is 0 Å². The highest BCUT2D eigenvalue weighted by atomic mass is 16.2. The minimum atomic E-state index is -0.120. The third-order valence-electron chi connectivity index (χ3n) is 4.55. The smallest absolute Gasteiger partial charge is 0.228 e. The fourth-order valence-corrected chi connectivity index (χ4v) is 3.13. The van der Waals surface area contributed by atoms with Gasteiger partial charge in [-0.2, -0.15) is 0 Å². The van der Waals surface area contributed by atoms with Gasteiger partial charge in [0.2, 0.25) is 11.7 Å². The normalized spacial score (nSPS) is 16.6. The van der Waals surface area contributed by atoms with Crippen molar-refractivity contribution in [1.29, 1.82) is 0 Å². The van der Waals surface area contributed by atoms with Crippen LogP contribution in [0.15, 0.2) is 60.9 Å². The molecule has 1 aromatic heterocycles. The Morgan fingerprint density at radius 3 is 2.24 bits per heavy atom. The standard InChI is InChI=1S/C20H17N3O2/c24-18-11-17(12-23-18)15-3-1-13(2-4-15)14-5-7-16(8-6-14)19(25)20-21-9-10-22-20/h1-10,17H,11-12H2,(H,21,22)(H,23,24). The van der Waals surface area contributed by atoms with E-state index in [1.165, 1.54) is 5.56 Å². The molecule has 1 aliphatic rings. The Hall–Kier alpha value is -3.21. The van der Waals surface area contributed by atoms with Gasteiger partial charge in [-0.25, -0.2) is 4.98 Å². The first-order valence-corrected chi connectivity index (χ1v) is 8.22. The fraction of sp³-hybridized carbons (Fsp3) is 0.150. The second-order valence-corrected chi connectivity index (χ2v) is 6.17. The Kier molecular flexibility index (Phi) is 3.90. The van der Waals surface area contributed by atoms with E-state index in [2.05, 4.69) is 39.6 Å². The molecule has 0 bridgehead atoms. The first kappa shape index (κ1) is 15.3. The van der Waals surface area contributed by atoms with Crippen LogP contribution in [0.5, 0.6) is 0 Å². The largest absolute Gasteiger partial charge is 0.355 e. The first-order valence-electron chi connectivity index (χ1n) is 8.22. The summed E-state index contributed by atoms with van der Waals surface area (Å²) < 4.78 is 0. The summed E-state index contributed by atoms with van der Waals surface area (Å²) in [6.07, 6.45) is 3.76. The molecule has 0 radical (unpaired) electrons. The highest BCUT2D eigenvalue weighted by Crippen LogP contribution is 2.26. The number of aromatic amines is 1. The molecule has 1 unspecified atom stereocenters. The van der Waals surface area contributed by atoms with Gasteiger partial charge in [0.05, 0.1) is 0 Å². The number of H-pyrrole nitrogens is 1. The number of rotatable bonds is 4. The molecule has 1 atom stereocenters. The van der Waals surface area contributed by atoms with Crippen molar-refractivity contribution in [3.8, 4) is 11.1 Å². The molecule has 4 rings (SSSR count). The second kappa shape index (κ2) is 6.36. The van der Waals surface area contributed by atoms with E-state index in [0.717, 1.165) is 11.1 Å². The summed E-state index contributed by atoms with van der Waals surface area (Å²) in [7, 11) is 0. The van der Waals surface area contributed by atoms with Crippen LogP contribution in [0.2, 0.25) is 0 Å². The number of imidazole rings is 1. The van der Waals surface area contributed by atoms with Gasteiger partial charge in [-0.3, -0.25) is 9.59 Å². The van der Waals surface area contributed by atoms with E-state index in [1.807, 2.05) is 24.3 Å². The van der Waals surface area contributed by atoms with Gasteiger partial charge in [0.1, 0.15) is 0 Å². The average Bonchev–Trinajstić information content (AvgIpc) is 3.33. The molecule has 1 aliphatic heterocycles. The summed E-state index contributed by atoms with van der Waals surface area (Å²) in [6.45, 7) is 0.710. The fourth-order valence-electron chi connectivity index (χ4n) is 3.13. The van der Waals surface area contributed by atoms with Crippen LogP contribution in [-0.4, -0.2) is 28.2 Å². The molecule has 2 N–H and O–H groups in total. The van der Waals surface area contributed by atoms with Gasteiger partial charge < -0.3 is 10.3 Å². The van der Waals surface area contributed by atoms with Crippen molar-refractivity contribution in [2.24, 2.45) is 0 Å². The quantitative estimate of drug-likeness (QED) is 0.722. The number of carbonyl (C=O) groups excluding carboxylic acids is 2. The highest BCUT2D eigenvalue weighted by molar-refractivity contribution is 6.06. The molecule has 0 spiro atoms. The van der Waals surface area contributed by atoms with Crippen molar-refractivity contribution < 1.29 is 9.59 Å². The van der Waals surface area contributed by atoms with Crippen LogP contribution < -0.4 is 5.32 Å². The molecule has 2 heterocycles. The summed E-state index contributed by atoms with van der Waals surface area (Å²) in [6, 6.07) is 15.8. The third kappa shape index (κ3) is 3.08. The predicted molar refractivity (Wildman–Crippen MR) is 94.3 cm³/mol. The summed E-state index contributed by atoms with van der Waals surface area (Å²) in [5, 5.41) is 2.86. The average molecular weight is 331 g/mol. The lowest BCUT2D eigenvalue weighted by Crippen LogP contribution is -2.13. The van der Waals surface area contributed by atoms with Crippen LogP contribution in [0.1, 0.15) is 34.1 Å². The SMILES string of the molecule is O=C1CC(c2ccc(-c3ccc(C(=O)c4ncc[nH]4)cc3)cc2)CN1. The van der Waals surface area contributed by atoms with Crippen LogP contribution in [0.25, 0.3) is 11.1 Å². The first-order chi connectivity index (χ1) is 12.2. The minimum Gasteiger partial charge on any atom is -0.355 e. The minimum absolute atomic E-state index is 0.117. The van der Waals surface area contributed by atoms with E-state index in [-0.39, 0.29) is 17.6 Å². The van der Waals surface area contributed by atoms with E-state index in [4.69, 9.17) is 0 Å². The molecule has 0 saturated carbocycles. The lowest BCUT2D eigenvalue weighted by Gasteiger charge is -2.09. The zero-order chi connectivity index (χ0) is 17.2. The topological polar surface area (TPSA) is 74.8 Å². The Balaban J connectivity index is 1.52. The maximum Gasteiger partial charge on any atom is 0.228 e. The monoisotopic (exact) mass is 331 g/mol. The molecule has 0 aliphatic carbocycles. The number of carbonyl (C=O) groups is 2. The number of benzene rings is 2. The van der Waals surface area contributed by atoms with Gasteiger partial charge in [-0.05, 0) is 16.7 Å². The number of nitrogens with zero attached hydrogens (tertiary/aromatic N) is 1. The van der Waals surface area contributed by atoms with Gasteiger partial charge in [0.15, 0.2) is 5.82 Å². The zero-order valence-corrected chi connectivity index (χ0v) is 13.5. The Morgan fingerprint density at radius 1 is 1.00 bits per heavy atom. The molecule has 3 aromatic rings. The highest BCUT2D eigenvalue weighted by Gasteiger charge is 2.22. The van der Waals surface area contributed by atoms with Crippen LogP contribution in [0.3, 0.4) is 0 Å². The Labute approximate surface area is 145 Å². The Morgan fingerprint density at radius 2 is 1.68 bits per heavy atom.